The summed E-state index contributed by atoms with van der Waals surface area (Å²) < 4.78 is 0. The molecule has 5 nitrogen and oxygen atoms in total. The van der Waals surface area contributed by atoms with Crippen LogP contribution in [0.3, 0.4) is 0 Å². The standard InChI is InChI=1S/C6H11N3O2/c7-6(9-11)4-1-2-5(10)8-3-4/h4,11H,1-3H2,(H2,7,9)(H,8,10). The number of piperidine rings is 1. The van der Waals surface area contributed by atoms with Crippen molar-refractivity contribution in [3.8, 4) is 0 Å². The normalized spacial score (nSPS) is 26.4. The number of oxime groups is 1. The smallest absolute Gasteiger partial charge is 0.220 e. The number of amides is 1. The Kier molecular flexibility index (Phi) is 2.30. The lowest BCUT2D eigenvalue weighted by Crippen LogP contribution is -2.41. The first-order valence-electron chi connectivity index (χ1n) is 3.48. The minimum atomic E-state index is -0.00213. The van der Waals surface area contributed by atoms with Gasteiger partial charge in [-0.3, -0.25) is 4.79 Å². The van der Waals surface area contributed by atoms with Crippen LogP contribution in [0, 0.1) is 5.92 Å². The molecule has 1 fully saturated rings. The fourth-order valence-electron chi connectivity index (χ4n) is 1.07. The van der Waals surface area contributed by atoms with Crippen LogP contribution in [0.15, 0.2) is 5.16 Å². The molecule has 0 saturated carbocycles. The topological polar surface area (TPSA) is 87.7 Å². The van der Waals surface area contributed by atoms with Crippen molar-refractivity contribution in [2.75, 3.05) is 6.54 Å². The molecule has 1 aliphatic heterocycles. The van der Waals surface area contributed by atoms with Crippen molar-refractivity contribution in [2.45, 2.75) is 12.8 Å². The van der Waals surface area contributed by atoms with E-state index in [1.165, 1.54) is 0 Å². The molecule has 0 spiro atoms. The van der Waals surface area contributed by atoms with Crippen molar-refractivity contribution in [1.82, 2.24) is 5.32 Å². The van der Waals surface area contributed by atoms with Gasteiger partial charge in [0.25, 0.3) is 0 Å². The Morgan fingerprint density at radius 1 is 1.82 bits per heavy atom. The van der Waals surface area contributed by atoms with Gasteiger partial charge in [-0.05, 0) is 6.42 Å². The summed E-state index contributed by atoms with van der Waals surface area (Å²) >= 11 is 0. The van der Waals surface area contributed by atoms with Crippen LogP contribution in [0.2, 0.25) is 0 Å². The zero-order valence-electron chi connectivity index (χ0n) is 6.08. The molecule has 0 aliphatic carbocycles. The maximum Gasteiger partial charge on any atom is 0.220 e. The molecule has 1 unspecified atom stereocenters. The largest absolute Gasteiger partial charge is 0.409 e. The Balaban J connectivity index is 2.45. The fourth-order valence-corrected chi connectivity index (χ4v) is 1.07. The number of carbonyl (C=O) groups is 1. The third kappa shape index (κ3) is 1.83. The van der Waals surface area contributed by atoms with Gasteiger partial charge in [0.05, 0.1) is 0 Å². The molecule has 0 aromatic heterocycles. The van der Waals surface area contributed by atoms with Crippen molar-refractivity contribution in [3.63, 3.8) is 0 Å². The molecule has 1 heterocycles. The number of nitrogens with one attached hydrogen (secondary N) is 1. The van der Waals surface area contributed by atoms with E-state index in [0.717, 1.165) is 0 Å². The first-order valence-corrected chi connectivity index (χ1v) is 3.48. The Morgan fingerprint density at radius 3 is 3.00 bits per heavy atom. The van der Waals surface area contributed by atoms with Crippen molar-refractivity contribution >= 4 is 11.7 Å². The van der Waals surface area contributed by atoms with Gasteiger partial charge < -0.3 is 16.3 Å². The van der Waals surface area contributed by atoms with E-state index in [1.807, 2.05) is 0 Å². The number of amidine groups is 1. The van der Waals surface area contributed by atoms with Gasteiger partial charge in [-0.1, -0.05) is 5.16 Å². The molecular formula is C6H11N3O2. The summed E-state index contributed by atoms with van der Waals surface area (Å²) in [7, 11) is 0. The first-order chi connectivity index (χ1) is 5.24. The Labute approximate surface area is 64.3 Å². The van der Waals surface area contributed by atoms with E-state index in [1.54, 1.807) is 0 Å². The van der Waals surface area contributed by atoms with Gasteiger partial charge in [-0.2, -0.15) is 0 Å². The monoisotopic (exact) mass is 157 g/mol. The van der Waals surface area contributed by atoms with Gasteiger partial charge in [-0.15, -0.1) is 0 Å². The van der Waals surface area contributed by atoms with Crippen LogP contribution in [-0.2, 0) is 4.79 Å². The van der Waals surface area contributed by atoms with Gasteiger partial charge in [0.2, 0.25) is 5.91 Å². The predicted octanol–water partition coefficient (Wildman–Crippen LogP) is -0.741. The highest BCUT2D eigenvalue weighted by Gasteiger charge is 2.20. The zero-order valence-corrected chi connectivity index (χ0v) is 6.08. The van der Waals surface area contributed by atoms with E-state index >= 15 is 0 Å². The lowest BCUT2D eigenvalue weighted by Gasteiger charge is -2.20. The van der Waals surface area contributed by atoms with Crippen molar-refractivity contribution < 1.29 is 10.0 Å². The first kappa shape index (κ1) is 7.84. The second-order valence-corrected chi connectivity index (χ2v) is 2.56. The van der Waals surface area contributed by atoms with E-state index in [2.05, 4.69) is 10.5 Å². The molecule has 1 saturated heterocycles. The second-order valence-electron chi connectivity index (χ2n) is 2.56. The molecule has 0 radical (unpaired) electrons. The number of nitrogens with two attached hydrogens (primary N) is 1. The third-order valence-corrected chi connectivity index (χ3v) is 1.80. The maximum absolute atomic E-state index is 10.7. The molecule has 5 heteroatoms. The highest BCUT2D eigenvalue weighted by molar-refractivity contribution is 5.85. The summed E-state index contributed by atoms with van der Waals surface area (Å²) in [6.45, 7) is 0.481. The highest BCUT2D eigenvalue weighted by Crippen LogP contribution is 2.09. The van der Waals surface area contributed by atoms with Crippen LogP contribution in [0.1, 0.15) is 12.8 Å². The summed E-state index contributed by atoms with van der Waals surface area (Å²) in [6, 6.07) is 0. The van der Waals surface area contributed by atoms with Crippen LogP contribution in [0.4, 0.5) is 0 Å². The van der Waals surface area contributed by atoms with E-state index in [4.69, 9.17) is 10.9 Å². The van der Waals surface area contributed by atoms with Gasteiger partial charge in [-0.25, -0.2) is 0 Å². The van der Waals surface area contributed by atoms with E-state index in [9.17, 15) is 4.79 Å². The van der Waals surface area contributed by atoms with Gasteiger partial charge >= 0.3 is 0 Å². The number of hydrogen-bond acceptors (Lipinski definition) is 3. The molecular weight excluding hydrogens is 146 g/mol. The van der Waals surface area contributed by atoms with Crippen LogP contribution in [0.5, 0.6) is 0 Å². The summed E-state index contributed by atoms with van der Waals surface area (Å²) in [4.78, 5) is 10.7. The van der Waals surface area contributed by atoms with Gasteiger partial charge in [0.1, 0.15) is 5.84 Å². The molecule has 11 heavy (non-hydrogen) atoms. The average molecular weight is 157 g/mol. The van der Waals surface area contributed by atoms with Gasteiger partial charge in [0, 0.05) is 18.9 Å². The third-order valence-electron chi connectivity index (χ3n) is 1.80. The minimum absolute atomic E-state index is 0.00213. The summed E-state index contributed by atoms with van der Waals surface area (Å²) in [5.41, 5.74) is 5.34. The fraction of sp³-hybridized carbons (Fsp3) is 0.667. The lowest BCUT2D eigenvalue weighted by atomic mass is 9.98. The Hall–Kier alpha value is -1.26. The van der Waals surface area contributed by atoms with Crippen LogP contribution in [-0.4, -0.2) is 23.5 Å². The average Bonchev–Trinajstić information content (AvgIpc) is 2.05. The number of nitrogens with zero attached hydrogens (tertiary/aromatic N) is 1. The zero-order chi connectivity index (χ0) is 8.27. The number of hydrogen-bond donors (Lipinski definition) is 3. The van der Waals surface area contributed by atoms with E-state index in [0.29, 0.717) is 19.4 Å². The van der Waals surface area contributed by atoms with Crippen LogP contribution >= 0.6 is 0 Å². The predicted molar refractivity (Wildman–Crippen MR) is 39.1 cm³/mol. The van der Waals surface area contributed by atoms with Gasteiger partial charge in [0.15, 0.2) is 0 Å². The Bertz CT molecular complexity index is 180. The number of rotatable bonds is 1. The molecule has 4 N–H and O–H groups in total. The number of carbonyl (C=O) groups excluding carboxylic acids is 1. The Morgan fingerprint density at radius 2 is 2.55 bits per heavy atom. The summed E-state index contributed by atoms with van der Waals surface area (Å²) in [5, 5.41) is 13.8. The molecule has 0 bridgehead atoms. The van der Waals surface area contributed by atoms with E-state index in [-0.39, 0.29) is 17.7 Å². The molecule has 1 rings (SSSR count). The van der Waals surface area contributed by atoms with Crippen molar-refractivity contribution in [3.05, 3.63) is 0 Å². The van der Waals surface area contributed by atoms with Crippen LogP contribution < -0.4 is 11.1 Å². The minimum Gasteiger partial charge on any atom is -0.409 e. The molecule has 1 aliphatic rings. The van der Waals surface area contributed by atoms with Crippen LogP contribution in [0.25, 0.3) is 0 Å². The lowest BCUT2D eigenvalue weighted by molar-refractivity contribution is -0.122. The molecule has 62 valence electrons. The highest BCUT2D eigenvalue weighted by atomic mass is 16.4. The second kappa shape index (κ2) is 3.23. The summed E-state index contributed by atoms with van der Waals surface area (Å²) in [5.74, 6) is 0.231. The van der Waals surface area contributed by atoms with Crippen molar-refractivity contribution in [1.29, 1.82) is 0 Å². The van der Waals surface area contributed by atoms with E-state index < -0.39 is 0 Å². The quantitative estimate of drug-likeness (QED) is 0.203. The SMILES string of the molecule is NC(=NO)C1CCC(=O)NC1. The molecule has 1 amide bonds. The molecule has 1 atom stereocenters. The van der Waals surface area contributed by atoms with Crippen molar-refractivity contribution in [2.24, 2.45) is 16.8 Å². The summed E-state index contributed by atoms with van der Waals surface area (Å²) in [6.07, 6.45) is 1.13. The molecule has 0 aromatic rings. The maximum atomic E-state index is 10.7. The molecule has 0 aromatic carbocycles.